The number of aryl methyl sites for hydroxylation is 1. The second-order valence-corrected chi connectivity index (χ2v) is 8.51. The number of carbonyl (C=O) groups excluding carboxylic acids is 1. The van der Waals surface area contributed by atoms with Crippen LogP contribution in [0.2, 0.25) is 0 Å². The van der Waals surface area contributed by atoms with E-state index in [1.807, 2.05) is 30.0 Å². The van der Waals surface area contributed by atoms with Gasteiger partial charge in [0.05, 0.1) is 5.75 Å². The fourth-order valence-corrected chi connectivity index (χ4v) is 3.94. The van der Waals surface area contributed by atoms with Crippen molar-refractivity contribution in [2.45, 2.75) is 64.5 Å². The van der Waals surface area contributed by atoms with Crippen LogP contribution in [0, 0.1) is 6.92 Å². The second kappa shape index (κ2) is 8.62. The molecular formula is C18H28N2O3S. The summed E-state index contributed by atoms with van der Waals surface area (Å²) in [5.41, 5.74) is 2.30. The fraction of sp³-hybridized carbons (Fsp3) is 0.611. The smallest absolute Gasteiger partial charge is 0.223 e. The first-order valence-electron chi connectivity index (χ1n) is 8.70. The predicted molar refractivity (Wildman–Crippen MR) is 95.8 cm³/mol. The Morgan fingerprint density at radius 1 is 1.25 bits per heavy atom. The number of hydrogen-bond donors (Lipinski definition) is 1. The molecule has 0 bridgehead atoms. The highest BCUT2D eigenvalue weighted by molar-refractivity contribution is 7.89. The van der Waals surface area contributed by atoms with Crippen LogP contribution in [-0.2, 0) is 21.4 Å². The molecule has 2 rings (SSSR count). The van der Waals surface area contributed by atoms with E-state index in [9.17, 15) is 13.2 Å². The van der Waals surface area contributed by atoms with Crippen molar-refractivity contribution >= 4 is 15.9 Å². The van der Waals surface area contributed by atoms with Crippen molar-refractivity contribution in [2.24, 2.45) is 5.14 Å². The number of amides is 1. The van der Waals surface area contributed by atoms with Gasteiger partial charge in [-0.25, -0.2) is 13.6 Å². The van der Waals surface area contributed by atoms with E-state index in [-0.39, 0.29) is 30.5 Å². The molecule has 0 aliphatic heterocycles. The predicted octanol–water partition coefficient (Wildman–Crippen LogP) is 2.73. The topological polar surface area (TPSA) is 80.5 Å². The van der Waals surface area contributed by atoms with Gasteiger partial charge in [0.15, 0.2) is 0 Å². The standard InChI is InChI=1S/C18H28N2O3S/c1-15-7-5-8-16(13-15)14-20(17-9-3-2-4-10-17)18(21)11-6-12-24(19,22)23/h5,7-8,13,17H,2-4,6,9-12,14H2,1H3,(H2,19,22,23). The molecule has 1 aromatic carbocycles. The SMILES string of the molecule is Cc1cccc(CN(C(=O)CCCS(N)(=O)=O)C2CCCCC2)c1. The summed E-state index contributed by atoms with van der Waals surface area (Å²) < 4.78 is 22.1. The van der Waals surface area contributed by atoms with Crippen molar-refractivity contribution in [3.63, 3.8) is 0 Å². The Kier molecular flexibility index (Phi) is 6.80. The van der Waals surface area contributed by atoms with Crippen LogP contribution in [0.1, 0.15) is 56.1 Å². The third kappa shape index (κ3) is 6.24. The minimum atomic E-state index is -3.51. The van der Waals surface area contributed by atoms with E-state index in [0.29, 0.717) is 6.54 Å². The number of primary sulfonamides is 1. The molecule has 24 heavy (non-hydrogen) atoms. The lowest BCUT2D eigenvalue weighted by molar-refractivity contribution is -0.135. The summed E-state index contributed by atoms with van der Waals surface area (Å²) >= 11 is 0. The first-order chi connectivity index (χ1) is 11.3. The molecule has 1 aromatic rings. The van der Waals surface area contributed by atoms with E-state index in [4.69, 9.17) is 5.14 Å². The van der Waals surface area contributed by atoms with Crippen molar-refractivity contribution in [3.05, 3.63) is 35.4 Å². The molecular weight excluding hydrogens is 324 g/mol. The maximum atomic E-state index is 12.7. The molecule has 1 saturated carbocycles. The summed E-state index contributed by atoms with van der Waals surface area (Å²) in [6.07, 6.45) is 6.13. The van der Waals surface area contributed by atoms with E-state index >= 15 is 0 Å². The van der Waals surface area contributed by atoms with E-state index in [1.54, 1.807) is 0 Å². The maximum absolute atomic E-state index is 12.7. The first-order valence-corrected chi connectivity index (χ1v) is 10.4. The molecule has 1 fully saturated rings. The van der Waals surface area contributed by atoms with E-state index < -0.39 is 10.0 Å². The monoisotopic (exact) mass is 352 g/mol. The highest BCUT2D eigenvalue weighted by Gasteiger charge is 2.25. The minimum absolute atomic E-state index is 0.0343. The van der Waals surface area contributed by atoms with Crippen LogP contribution in [0.25, 0.3) is 0 Å². The summed E-state index contributed by atoms with van der Waals surface area (Å²) in [6, 6.07) is 8.46. The van der Waals surface area contributed by atoms with Gasteiger partial charge in [-0.2, -0.15) is 0 Å². The van der Waals surface area contributed by atoms with Crippen molar-refractivity contribution in [3.8, 4) is 0 Å². The number of carbonyl (C=O) groups is 1. The van der Waals surface area contributed by atoms with Crippen LogP contribution in [0.3, 0.4) is 0 Å². The first kappa shape index (κ1) is 18.9. The van der Waals surface area contributed by atoms with E-state index in [0.717, 1.165) is 31.2 Å². The number of benzene rings is 1. The molecule has 0 saturated heterocycles. The molecule has 0 atom stereocenters. The Balaban J connectivity index is 2.05. The third-order valence-electron chi connectivity index (χ3n) is 4.59. The Morgan fingerprint density at radius 3 is 2.58 bits per heavy atom. The normalized spacial score (nSPS) is 16.1. The van der Waals surface area contributed by atoms with E-state index in [2.05, 4.69) is 6.07 Å². The highest BCUT2D eigenvalue weighted by Crippen LogP contribution is 2.25. The van der Waals surface area contributed by atoms with E-state index in [1.165, 1.54) is 12.0 Å². The molecule has 6 heteroatoms. The van der Waals surface area contributed by atoms with Gasteiger partial charge >= 0.3 is 0 Å². The van der Waals surface area contributed by atoms with Gasteiger partial charge in [0, 0.05) is 19.0 Å². The van der Waals surface area contributed by atoms with Gasteiger partial charge in [-0.1, -0.05) is 49.1 Å². The highest BCUT2D eigenvalue weighted by atomic mass is 32.2. The molecule has 0 radical (unpaired) electrons. The molecule has 0 heterocycles. The van der Waals surface area contributed by atoms with Crippen molar-refractivity contribution in [1.29, 1.82) is 0 Å². The largest absolute Gasteiger partial charge is 0.335 e. The zero-order valence-corrected chi connectivity index (χ0v) is 15.2. The Labute approximate surface area is 145 Å². The molecule has 2 N–H and O–H groups in total. The molecule has 134 valence electrons. The number of rotatable bonds is 7. The third-order valence-corrected chi connectivity index (χ3v) is 5.45. The number of sulfonamides is 1. The average Bonchev–Trinajstić information content (AvgIpc) is 2.52. The maximum Gasteiger partial charge on any atom is 0.223 e. The van der Waals surface area contributed by atoms with Crippen LogP contribution in [0.15, 0.2) is 24.3 Å². The lowest BCUT2D eigenvalue weighted by Crippen LogP contribution is -2.41. The molecule has 1 aliphatic carbocycles. The van der Waals surface area contributed by atoms with Crippen LogP contribution in [0.4, 0.5) is 0 Å². The van der Waals surface area contributed by atoms with Gasteiger partial charge in [-0.15, -0.1) is 0 Å². The van der Waals surface area contributed by atoms with Crippen molar-refractivity contribution in [2.75, 3.05) is 5.75 Å². The lowest BCUT2D eigenvalue weighted by Gasteiger charge is -2.34. The van der Waals surface area contributed by atoms with Gasteiger partial charge in [0.2, 0.25) is 15.9 Å². The van der Waals surface area contributed by atoms with Gasteiger partial charge < -0.3 is 4.90 Å². The van der Waals surface area contributed by atoms with Crippen molar-refractivity contribution in [1.82, 2.24) is 4.90 Å². The summed E-state index contributed by atoms with van der Waals surface area (Å²) in [6.45, 7) is 2.64. The molecule has 0 unspecified atom stereocenters. The summed E-state index contributed by atoms with van der Waals surface area (Å²) in [5, 5.41) is 5.03. The Morgan fingerprint density at radius 2 is 1.96 bits per heavy atom. The summed E-state index contributed by atoms with van der Waals surface area (Å²) in [5.74, 6) is -0.103. The zero-order valence-electron chi connectivity index (χ0n) is 14.4. The number of hydrogen-bond acceptors (Lipinski definition) is 3. The fourth-order valence-electron chi connectivity index (χ4n) is 3.39. The van der Waals surface area contributed by atoms with Gasteiger partial charge in [-0.05, 0) is 31.7 Å². The van der Waals surface area contributed by atoms with Crippen LogP contribution < -0.4 is 5.14 Å². The summed E-state index contributed by atoms with van der Waals surface area (Å²) in [7, 11) is -3.51. The molecule has 0 aromatic heterocycles. The molecule has 1 aliphatic rings. The average molecular weight is 353 g/mol. The quantitative estimate of drug-likeness (QED) is 0.819. The van der Waals surface area contributed by atoms with Gasteiger partial charge in [0.1, 0.15) is 0 Å². The van der Waals surface area contributed by atoms with Crippen LogP contribution in [0.5, 0.6) is 0 Å². The Bertz CT molecular complexity index is 652. The van der Waals surface area contributed by atoms with Gasteiger partial charge in [0.25, 0.3) is 0 Å². The molecule has 5 nitrogen and oxygen atoms in total. The second-order valence-electron chi connectivity index (χ2n) is 6.77. The minimum Gasteiger partial charge on any atom is -0.335 e. The van der Waals surface area contributed by atoms with Gasteiger partial charge in [-0.3, -0.25) is 4.79 Å². The van der Waals surface area contributed by atoms with Crippen LogP contribution >= 0.6 is 0 Å². The number of nitrogens with zero attached hydrogens (tertiary/aromatic N) is 1. The van der Waals surface area contributed by atoms with Crippen LogP contribution in [-0.4, -0.2) is 31.0 Å². The lowest BCUT2D eigenvalue weighted by atomic mass is 9.93. The zero-order chi connectivity index (χ0) is 17.6. The molecule has 0 spiro atoms. The summed E-state index contributed by atoms with van der Waals surface area (Å²) in [4.78, 5) is 14.7. The molecule has 1 amide bonds. The van der Waals surface area contributed by atoms with Crippen molar-refractivity contribution < 1.29 is 13.2 Å². The number of nitrogens with two attached hydrogens (primary N) is 1. The Hall–Kier alpha value is -1.40.